The molecule has 0 spiro atoms. The fourth-order valence-corrected chi connectivity index (χ4v) is 4.17. The van der Waals surface area contributed by atoms with Crippen molar-refractivity contribution in [2.24, 2.45) is 11.7 Å². The zero-order valence-electron chi connectivity index (χ0n) is 15.7. The van der Waals surface area contributed by atoms with Crippen LogP contribution in [0, 0.1) is 17.6 Å². The molecule has 1 aromatic carbocycles. The van der Waals surface area contributed by atoms with Gasteiger partial charge in [0.1, 0.15) is 21.6 Å². The number of benzene rings is 1. The van der Waals surface area contributed by atoms with E-state index in [1.807, 2.05) is 0 Å². The zero-order chi connectivity index (χ0) is 20.5. The largest absolute Gasteiger partial charge is 0.343 e. The van der Waals surface area contributed by atoms with Crippen LogP contribution in [0.15, 0.2) is 24.4 Å². The number of nitrogens with one attached hydrogen (secondary N) is 1. The van der Waals surface area contributed by atoms with E-state index in [1.165, 1.54) is 25.3 Å². The van der Waals surface area contributed by atoms with Crippen LogP contribution in [-0.4, -0.2) is 40.3 Å². The van der Waals surface area contributed by atoms with Gasteiger partial charge in [-0.1, -0.05) is 11.3 Å². The van der Waals surface area contributed by atoms with Gasteiger partial charge in [-0.3, -0.25) is 9.59 Å². The molecule has 0 radical (unpaired) electrons. The molecule has 2 aromatic rings. The Labute approximate surface area is 165 Å². The Morgan fingerprint density at radius 2 is 1.86 bits per heavy atom. The Morgan fingerprint density at radius 3 is 2.43 bits per heavy atom. The lowest BCUT2D eigenvalue weighted by Gasteiger charge is -2.39. The van der Waals surface area contributed by atoms with Crippen LogP contribution in [0.4, 0.5) is 13.8 Å². The van der Waals surface area contributed by atoms with Crippen molar-refractivity contribution in [1.82, 2.24) is 9.88 Å². The number of carbonyl (C=O) groups is 2. The fraction of sp³-hybridized carbons (Fsp3) is 0.421. The van der Waals surface area contributed by atoms with Crippen molar-refractivity contribution in [2.45, 2.75) is 32.2 Å². The molecule has 150 valence electrons. The van der Waals surface area contributed by atoms with E-state index < -0.39 is 17.2 Å². The van der Waals surface area contributed by atoms with Crippen LogP contribution in [0.5, 0.6) is 0 Å². The molecule has 2 heterocycles. The van der Waals surface area contributed by atoms with E-state index in [9.17, 15) is 18.4 Å². The highest BCUT2D eigenvalue weighted by atomic mass is 32.1. The van der Waals surface area contributed by atoms with Crippen LogP contribution in [-0.2, 0) is 9.59 Å². The van der Waals surface area contributed by atoms with Crippen LogP contribution >= 0.6 is 11.3 Å². The van der Waals surface area contributed by atoms with E-state index in [4.69, 9.17) is 5.73 Å². The number of aromatic nitrogens is 1. The number of rotatable bonds is 4. The molecule has 2 amide bonds. The van der Waals surface area contributed by atoms with E-state index in [0.29, 0.717) is 41.5 Å². The second-order valence-electron chi connectivity index (χ2n) is 7.20. The standard InChI is InChI=1S/C19H22F2N4O2S/c1-11(26)25-5-3-13(4-6-25)19(2,22)18(27)24-16-10-23-17(28-16)12-7-14(20)9-15(21)8-12/h7-10,13H,3-6,22H2,1-2H3,(H,24,27). The number of nitrogens with zero attached hydrogens (tertiary/aromatic N) is 2. The number of piperidine rings is 1. The van der Waals surface area contributed by atoms with Crippen LogP contribution < -0.4 is 11.1 Å². The van der Waals surface area contributed by atoms with Crippen LogP contribution in [0.1, 0.15) is 26.7 Å². The number of likely N-dealkylation sites (tertiary alicyclic amines) is 1. The summed E-state index contributed by atoms with van der Waals surface area (Å²) >= 11 is 1.11. The third-order valence-electron chi connectivity index (χ3n) is 5.13. The van der Waals surface area contributed by atoms with Gasteiger partial charge in [0.25, 0.3) is 0 Å². The smallest absolute Gasteiger partial charge is 0.245 e. The maximum atomic E-state index is 13.4. The molecule has 1 saturated heterocycles. The summed E-state index contributed by atoms with van der Waals surface area (Å²) in [6, 6.07) is 3.16. The quantitative estimate of drug-likeness (QED) is 0.814. The molecule has 1 aliphatic heterocycles. The summed E-state index contributed by atoms with van der Waals surface area (Å²) in [5.41, 5.74) is 5.52. The molecule has 1 fully saturated rings. The number of hydrogen-bond acceptors (Lipinski definition) is 5. The summed E-state index contributed by atoms with van der Waals surface area (Å²) in [7, 11) is 0. The lowest BCUT2D eigenvalue weighted by Crippen LogP contribution is -2.57. The lowest BCUT2D eigenvalue weighted by atomic mass is 9.79. The molecule has 3 rings (SSSR count). The maximum absolute atomic E-state index is 13.4. The first kappa shape index (κ1) is 20.3. The summed E-state index contributed by atoms with van der Waals surface area (Å²) < 4.78 is 26.8. The molecule has 0 saturated carbocycles. The van der Waals surface area contributed by atoms with Crippen molar-refractivity contribution >= 4 is 28.2 Å². The SMILES string of the molecule is CC(=O)N1CCC(C(C)(N)C(=O)Nc2cnc(-c3cc(F)cc(F)c3)s2)CC1. The van der Waals surface area contributed by atoms with E-state index in [1.54, 1.807) is 11.8 Å². The highest BCUT2D eigenvalue weighted by Crippen LogP contribution is 2.32. The summed E-state index contributed by atoms with van der Waals surface area (Å²) in [4.78, 5) is 30.1. The minimum absolute atomic E-state index is 0.0209. The van der Waals surface area contributed by atoms with Crippen molar-refractivity contribution in [3.05, 3.63) is 36.0 Å². The Bertz CT molecular complexity index is 872. The first-order valence-corrected chi connectivity index (χ1v) is 9.76. The normalized spacial score (nSPS) is 17.2. The van der Waals surface area contributed by atoms with E-state index in [-0.39, 0.29) is 17.7 Å². The van der Waals surface area contributed by atoms with Gasteiger partial charge in [-0.25, -0.2) is 13.8 Å². The molecule has 1 unspecified atom stereocenters. The minimum Gasteiger partial charge on any atom is -0.343 e. The third kappa shape index (κ3) is 4.36. The van der Waals surface area contributed by atoms with Gasteiger partial charge in [0, 0.05) is 31.6 Å². The van der Waals surface area contributed by atoms with Gasteiger partial charge in [0.15, 0.2) is 0 Å². The van der Waals surface area contributed by atoms with Gasteiger partial charge >= 0.3 is 0 Å². The predicted molar refractivity (Wildman–Crippen MR) is 104 cm³/mol. The van der Waals surface area contributed by atoms with E-state index >= 15 is 0 Å². The van der Waals surface area contributed by atoms with Gasteiger partial charge in [0.2, 0.25) is 11.8 Å². The number of amides is 2. The number of nitrogens with two attached hydrogens (primary N) is 1. The highest BCUT2D eigenvalue weighted by molar-refractivity contribution is 7.19. The predicted octanol–water partition coefficient (Wildman–Crippen LogP) is 3.00. The van der Waals surface area contributed by atoms with Crippen molar-refractivity contribution in [1.29, 1.82) is 0 Å². The second kappa shape index (κ2) is 7.92. The Hall–Kier alpha value is -2.39. The number of thiazole rings is 1. The monoisotopic (exact) mass is 408 g/mol. The van der Waals surface area contributed by atoms with Gasteiger partial charge < -0.3 is 16.0 Å². The van der Waals surface area contributed by atoms with Crippen molar-refractivity contribution in [3.63, 3.8) is 0 Å². The van der Waals surface area contributed by atoms with Crippen LogP contribution in [0.25, 0.3) is 10.6 Å². The number of halogens is 2. The lowest BCUT2D eigenvalue weighted by molar-refractivity contribution is -0.131. The number of hydrogen-bond donors (Lipinski definition) is 2. The van der Waals surface area contributed by atoms with Gasteiger partial charge in [-0.2, -0.15) is 0 Å². The first-order valence-electron chi connectivity index (χ1n) is 8.95. The van der Waals surface area contributed by atoms with Crippen molar-refractivity contribution < 1.29 is 18.4 Å². The zero-order valence-corrected chi connectivity index (χ0v) is 16.5. The molecule has 28 heavy (non-hydrogen) atoms. The minimum atomic E-state index is -1.11. The Balaban J connectivity index is 1.67. The molecule has 6 nitrogen and oxygen atoms in total. The topological polar surface area (TPSA) is 88.3 Å². The molecule has 1 atom stereocenters. The molecule has 1 aromatic heterocycles. The second-order valence-corrected chi connectivity index (χ2v) is 8.24. The molecular weight excluding hydrogens is 386 g/mol. The number of carbonyl (C=O) groups excluding carboxylic acids is 2. The van der Waals surface area contributed by atoms with E-state index in [2.05, 4.69) is 10.3 Å². The third-order valence-corrected chi connectivity index (χ3v) is 6.09. The van der Waals surface area contributed by atoms with Gasteiger partial charge in [0.05, 0.1) is 11.7 Å². The Kier molecular flexibility index (Phi) is 5.76. The molecular formula is C19H22F2N4O2S. The highest BCUT2D eigenvalue weighted by Gasteiger charge is 2.39. The summed E-state index contributed by atoms with van der Waals surface area (Å²) in [5.74, 6) is -1.78. The maximum Gasteiger partial charge on any atom is 0.245 e. The average Bonchev–Trinajstić information content (AvgIpc) is 3.09. The van der Waals surface area contributed by atoms with E-state index in [0.717, 1.165) is 17.4 Å². The molecule has 3 N–H and O–H groups in total. The molecule has 0 aliphatic carbocycles. The Morgan fingerprint density at radius 1 is 1.25 bits per heavy atom. The van der Waals surface area contributed by atoms with Crippen LogP contribution in [0.2, 0.25) is 0 Å². The summed E-state index contributed by atoms with van der Waals surface area (Å²) in [6.07, 6.45) is 2.74. The fourth-order valence-electron chi connectivity index (χ4n) is 3.37. The van der Waals surface area contributed by atoms with Crippen molar-refractivity contribution in [3.8, 4) is 10.6 Å². The van der Waals surface area contributed by atoms with Crippen molar-refractivity contribution in [2.75, 3.05) is 18.4 Å². The van der Waals surface area contributed by atoms with Gasteiger partial charge in [-0.05, 0) is 37.8 Å². The number of anilines is 1. The van der Waals surface area contributed by atoms with Gasteiger partial charge in [-0.15, -0.1) is 0 Å². The summed E-state index contributed by atoms with van der Waals surface area (Å²) in [6.45, 7) is 4.37. The average molecular weight is 408 g/mol. The molecule has 0 bridgehead atoms. The summed E-state index contributed by atoms with van der Waals surface area (Å²) in [5, 5.41) is 3.59. The molecule has 9 heteroatoms. The van der Waals surface area contributed by atoms with Crippen LogP contribution in [0.3, 0.4) is 0 Å². The first-order chi connectivity index (χ1) is 13.2. The molecule has 1 aliphatic rings.